The fourth-order valence-electron chi connectivity index (χ4n) is 2.85. The predicted octanol–water partition coefficient (Wildman–Crippen LogP) is 3.26. The first kappa shape index (κ1) is 11.8. The van der Waals surface area contributed by atoms with Crippen molar-refractivity contribution in [3.8, 4) is 0 Å². The van der Waals surface area contributed by atoms with Gasteiger partial charge in [0.15, 0.2) is 0 Å². The quantitative estimate of drug-likeness (QED) is 0.530. The lowest BCUT2D eigenvalue weighted by Crippen LogP contribution is -2.03. The Morgan fingerprint density at radius 3 is 2.62 bits per heavy atom. The first-order chi connectivity index (χ1) is 7.65. The van der Waals surface area contributed by atoms with Crippen molar-refractivity contribution >= 4 is 5.78 Å². The molecule has 16 heavy (non-hydrogen) atoms. The van der Waals surface area contributed by atoms with Crippen molar-refractivity contribution in [2.75, 3.05) is 0 Å². The molecule has 0 amide bonds. The maximum Gasteiger partial charge on any atom is 0.136 e. The van der Waals surface area contributed by atoms with Crippen LogP contribution >= 0.6 is 0 Å². The third-order valence-corrected chi connectivity index (χ3v) is 4.06. The Morgan fingerprint density at radius 2 is 2.31 bits per heavy atom. The lowest BCUT2D eigenvalue weighted by atomic mass is 10.0. The molecule has 2 nitrogen and oxygen atoms in total. The zero-order valence-electron chi connectivity index (χ0n) is 10.2. The molecule has 0 N–H and O–H groups in total. The molecule has 0 radical (unpaired) electrons. The Labute approximate surface area is 98.1 Å². The fourth-order valence-corrected chi connectivity index (χ4v) is 2.85. The van der Waals surface area contributed by atoms with Crippen molar-refractivity contribution < 1.29 is 9.53 Å². The summed E-state index contributed by atoms with van der Waals surface area (Å²) in [6, 6.07) is 0. The highest BCUT2D eigenvalue weighted by Gasteiger charge is 2.55. The van der Waals surface area contributed by atoms with Gasteiger partial charge in [-0.25, -0.2) is 0 Å². The first-order valence-corrected chi connectivity index (χ1v) is 6.47. The summed E-state index contributed by atoms with van der Waals surface area (Å²) in [4.78, 5) is 10.9. The number of hydrogen-bond donors (Lipinski definition) is 0. The Balaban J connectivity index is 0.000000123. The van der Waals surface area contributed by atoms with E-state index < -0.39 is 0 Å². The van der Waals surface area contributed by atoms with E-state index in [4.69, 9.17) is 4.74 Å². The van der Waals surface area contributed by atoms with Crippen LogP contribution < -0.4 is 0 Å². The molecular formula is C14H22O2. The maximum atomic E-state index is 10.9. The molecule has 2 saturated carbocycles. The van der Waals surface area contributed by atoms with E-state index in [1.165, 1.54) is 19.3 Å². The van der Waals surface area contributed by atoms with Crippen molar-refractivity contribution in [1.82, 2.24) is 0 Å². The van der Waals surface area contributed by atoms with Gasteiger partial charge >= 0.3 is 0 Å². The van der Waals surface area contributed by atoms with Crippen LogP contribution in [0.4, 0.5) is 0 Å². The topological polar surface area (TPSA) is 29.6 Å². The molecule has 0 spiro atoms. The van der Waals surface area contributed by atoms with Gasteiger partial charge < -0.3 is 4.74 Å². The molecule has 2 aliphatic carbocycles. The molecule has 0 aromatic carbocycles. The number of epoxide rings is 1. The van der Waals surface area contributed by atoms with Gasteiger partial charge in [0.2, 0.25) is 0 Å². The molecule has 1 aliphatic heterocycles. The Kier molecular flexibility index (Phi) is 3.48. The monoisotopic (exact) mass is 222 g/mol. The highest BCUT2D eigenvalue weighted by atomic mass is 16.6. The van der Waals surface area contributed by atoms with Gasteiger partial charge in [0, 0.05) is 12.3 Å². The van der Waals surface area contributed by atoms with Crippen molar-refractivity contribution in [3.63, 3.8) is 0 Å². The minimum absolute atomic E-state index is 0.322. The van der Waals surface area contributed by atoms with Crippen molar-refractivity contribution in [2.45, 2.75) is 63.6 Å². The largest absolute Gasteiger partial charge is 0.366 e. The van der Waals surface area contributed by atoms with E-state index in [1.807, 2.05) is 6.08 Å². The van der Waals surface area contributed by atoms with Crippen LogP contribution in [-0.4, -0.2) is 17.5 Å². The SMILES string of the molecule is C=CCC1CCCC1=O.CC12CCCC1O2. The molecule has 0 aromatic heterocycles. The number of rotatable bonds is 2. The molecule has 3 atom stereocenters. The Morgan fingerprint density at radius 1 is 1.50 bits per heavy atom. The highest BCUT2D eigenvalue weighted by molar-refractivity contribution is 5.82. The normalized spacial score (nSPS) is 39.9. The predicted molar refractivity (Wildman–Crippen MR) is 64.3 cm³/mol. The zero-order valence-corrected chi connectivity index (χ0v) is 10.2. The summed E-state index contributed by atoms with van der Waals surface area (Å²) < 4.78 is 5.34. The van der Waals surface area contributed by atoms with Crippen LogP contribution in [0.25, 0.3) is 0 Å². The number of allylic oxidation sites excluding steroid dienone is 1. The van der Waals surface area contributed by atoms with E-state index >= 15 is 0 Å². The molecule has 2 heteroatoms. The van der Waals surface area contributed by atoms with Gasteiger partial charge in [-0.05, 0) is 45.4 Å². The van der Waals surface area contributed by atoms with Gasteiger partial charge in [0.25, 0.3) is 0 Å². The number of carbonyl (C=O) groups is 1. The fraction of sp³-hybridized carbons (Fsp3) is 0.786. The third-order valence-electron chi connectivity index (χ3n) is 4.06. The van der Waals surface area contributed by atoms with Gasteiger partial charge in [-0.3, -0.25) is 4.79 Å². The van der Waals surface area contributed by atoms with Gasteiger partial charge in [-0.15, -0.1) is 6.58 Å². The summed E-state index contributed by atoms with van der Waals surface area (Å²) in [6.45, 7) is 5.82. The van der Waals surface area contributed by atoms with Gasteiger partial charge in [0.05, 0.1) is 11.7 Å². The van der Waals surface area contributed by atoms with Crippen LogP contribution in [0.15, 0.2) is 12.7 Å². The number of hydrogen-bond acceptors (Lipinski definition) is 2. The Hall–Kier alpha value is -0.630. The highest BCUT2D eigenvalue weighted by Crippen LogP contribution is 2.49. The van der Waals surface area contributed by atoms with Crippen molar-refractivity contribution in [1.29, 1.82) is 0 Å². The molecule has 0 bridgehead atoms. The second-order valence-electron chi connectivity index (χ2n) is 5.39. The number of ketones is 1. The summed E-state index contributed by atoms with van der Waals surface area (Å²) in [5.41, 5.74) is 0.361. The first-order valence-electron chi connectivity index (χ1n) is 6.47. The average Bonchev–Trinajstić information content (AvgIpc) is 2.61. The maximum absolute atomic E-state index is 10.9. The summed E-state index contributed by atoms with van der Waals surface area (Å²) in [5, 5.41) is 0. The molecule has 3 fully saturated rings. The molecule has 3 aliphatic rings. The van der Waals surface area contributed by atoms with Crippen molar-refractivity contribution in [3.05, 3.63) is 12.7 Å². The minimum atomic E-state index is 0.322. The van der Waals surface area contributed by atoms with Gasteiger partial charge in [-0.2, -0.15) is 0 Å². The van der Waals surface area contributed by atoms with Crippen molar-refractivity contribution in [2.24, 2.45) is 5.92 Å². The van der Waals surface area contributed by atoms with Gasteiger partial charge in [-0.1, -0.05) is 6.08 Å². The lowest BCUT2D eigenvalue weighted by Gasteiger charge is -2.00. The average molecular weight is 222 g/mol. The van der Waals surface area contributed by atoms with E-state index in [1.54, 1.807) is 0 Å². The van der Waals surface area contributed by atoms with Gasteiger partial charge in [0.1, 0.15) is 5.78 Å². The van der Waals surface area contributed by atoms with E-state index in [9.17, 15) is 4.79 Å². The lowest BCUT2D eigenvalue weighted by molar-refractivity contribution is -0.120. The number of carbonyl (C=O) groups excluding carboxylic acids is 1. The molecule has 90 valence electrons. The molecular weight excluding hydrogens is 200 g/mol. The zero-order chi connectivity index (χ0) is 11.6. The van der Waals surface area contributed by atoms with Crippen LogP contribution in [0, 0.1) is 5.92 Å². The second-order valence-corrected chi connectivity index (χ2v) is 5.39. The molecule has 1 heterocycles. The summed E-state index contributed by atoms with van der Waals surface area (Å²) in [5.74, 6) is 0.761. The van der Waals surface area contributed by atoms with E-state index in [0.717, 1.165) is 25.7 Å². The smallest absolute Gasteiger partial charge is 0.136 e. The molecule has 1 saturated heterocycles. The van der Waals surface area contributed by atoms with Crippen LogP contribution in [0.3, 0.4) is 0 Å². The summed E-state index contributed by atoms with van der Waals surface area (Å²) >= 11 is 0. The Bertz CT molecular complexity index is 282. The van der Waals surface area contributed by atoms with Crippen LogP contribution in [-0.2, 0) is 9.53 Å². The van der Waals surface area contributed by atoms with E-state index in [-0.39, 0.29) is 0 Å². The number of fused-ring (bicyclic) bond motifs is 1. The second kappa shape index (κ2) is 4.70. The summed E-state index contributed by atoms with van der Waals surface area (Å²) in [6.07, 6.45) is 10.4. The minimum Gasteiger partial charge on any atom is -0.366 e. The number of Topliss-reactive ketones (excluding diaryl/α,β-unsaturated/α-hetero) is 1. The molecule has 0 aromatic rings. The molecule has 3 unspecified atom stereocenters. The summed E-state index contributed by atoms with van der Waals surface area (Å²) in [7, 11) is 0. The molecule has 3 rings (SSSR count). The third kappa shape index (κ3) is 2.54. The van der Waals surface area contributed by atoms with Crippen LogP contribution in [0.2, 0.25) is 0 Å². The van der Waals surface area contributed by atoms with Crippen LogP contribution in [0.5, 0.6) is 0 Å². The van der Waals surface area contributed by atoms with E-state index in [2.05, 4.69) is 13.5 Å². The van der Waals surface area contributed by atoms with E-state index in [0.29, 0.717) is 23.4 Å². The number of ether oxygens (including phenoxy) is 1. The van der Waals surface area contributed by atoms with Crippen LogP contribution in [0.1, 0.15) is 51.9 Å². The standard InChI is InChI=1S/C8H12O.C6H10O/c1-2-4-7-5-3-6-8(7)9;1-6-4-2-3-5(6)7-6/h2,7H,1,3-6H2;5H,2-4H2,1H3.